The van der Waals surface area contributed by atoms with Crippen LogP contribution in [-0.2, 0) is 19.4 Å². The second kappa shape index (κ2) is 5.77. The van der Waals surface area contributed by atoms with Crippen molar-refractivity contribution in [1.82, 2.24) is 9.55 Å². The first-order chi connectivity index (χ1) is 11.1. The van der Waals surface area contributed by atoms with Crippen molar-refractivity contribution >= 4 is 33.2 Å². The fourth-order valence-corrected chi connectivity index (χ4v) is 4.72. The number of nitrogens with zero attached hydrogens (tertiary/aromatic N) is 2. The van der Waals surface area contributed by atoms with Gasteiger partial charge in [0.05, 0.1) is 11.9 Å². The zero-order valence-corrected chi connectivity index (χ0v) is 14.5. The Hall–Kier alpha value is -1.65. The summed E-state index contributed by atoms with van der Waals surface area (Å²) in [5.41, 5.74) is 2.41. The number of hydrogen-bond donors (Lipinski definition) is 0. The van der Waals surface area contributed by atoms with Crippen molar-refractivity contribution in [3.8, 4) is 0 Å². The number of fused-ring (bicyclic) bond motifs is 3. The summed E-state index contributed by atoms with van der Waals surface area (Å²) in [4.78, 5) is 20.0. The van der Waals surface area contributed by atoms with Crippen molar-refractivity contribution in [2.45, 2.75) is 39.2 Å². The molecule has 4 rings (SSSR count). The Labute approximate surface area is 143 Å². The number of rotatable bonds is 2. The van der Waals surface area contributed by atoms with Crippen molar-refractivity contribution in [3.63, 3.8) is 0 Å². The van der Waals surface area contributed by atoms with Crippen LogP contribution in [0, 0.1) is 6.92 Å². The summed E-state index contributed by atoms with van der Waals surface area (Å²) in [5.74, 6) is 0.774. The van der Waals surface area contributed by atoms with Crippen molar-refractivity contribution < 1.29 is 0 Å². The molecule has 0 amide bonds. The Balaban J connectivity index is 1.86. The number of aryl methyl sites for hydroxylation is 3. The van der Waals surface area contributed by atoms with Gasteiger partial charge in [0.25, 0.3) is 5.56 Å². The average Bonchev–Trinajstić information content (AvgIpc) is 2.91. The van der Waals surface area contributed by atoms with E-state index in [0.717, 1.165) is 34.4 Å². The Morgan fingerprint density at radius 1 is 1.22 bits per heavy atom. The van der Waals surface area contributed by atoms with Gasteiger partial charge < -0.3 is 0 Å². The van der Waals surface area contributed by atoms with Crippen LogP contribution in [0.4, 0.5) is 0 Å². The molecule has 0 N–H and O–H groups in total. The highest BCUT2D eigenvalue weighted by atomic mass is 35.5. The molecular formula is C18H17ClN2OS. The van der Waals surface area contributed by atoms with Crippen LogP contribution in [0.3, 0.4) is 0 Å². The summed E-state index contributed by atoms with van der Waals surface area (Å²) in [6, 6.07) is 7.63. The van der Waals surface area contributed by atoms with Gasteiger partial charge in [-0.15, -0.1) is 11.3 Å². The minimum absolute atomic E-state index is 0.0989. The lowest BCUT2D eigenvalue weighted by molar-refractivity contribution is 0.693. The van der Waals surface area contributed by atoms with E-state index in [1.54, 1.807) is 15.9 Å². The van der Waals surface area contributed by atoms with Crippen molar-refractivity contribution in [1.29, 1.82) is 0 Å². The van der Waals surface area contributed by atoms with Gasteiger partial charge >= 0.3 is 0 Å². The average molecular weight is 345 g/mol. The molecule has 0 fully saturated rings. The zero-order valence-electron chi connectivity index (χ0n) is 12.9. The third kappa shape index (κ3) is 2.60. The Morgan fingerprint density at radius 3 is 2.74 bits per heavy atom. The molecule has 2 aromatic heterocycles. The van der Waals surface area contributed by atoms with Gasteiger partial charge in [0.1, 0.15) is 10.7 Å². The van der Waals surface area contributed by atoms with Gasteiger partial charge in [0.2, 0.25) is 0 Å². The monoisotopic (exact) mass is 344 g/mol. The van der Waals surface area contributed by atoms with E-state index >= 15 is 0 Å². The largest absolute Gasteiger partial charge is 0.292 e. The summed E-state index contributed by atoms with van der Waals surface area (Å²) in [5, 5.41) is 1.56. The molecule has 0 atom stereocenters. The number of hydrogen-bond acceptors (Lipinski definition) is 3. The molecule has 5 heteroatoms. The first-order valence-electron chi connectivity index (χ1n) is 7.89. The zero-order chi connectivity index (χ0) is 16.0. The van der Waals surface area contributed by atoms with Crippen LogP contribution in [0.2, 0.25) is 5.02 Å². The van der Waals surface area contributed by atoms with Crippen molar-refractivity contribution in [2.75, 3.05) is 0 Å². The number of aromatic nitrogens is 2. The van der Waals surface area contributed by atoms with E-state index in [1.807, 2.05) is 31.2 Å². The maximum atomic E-state index is 13.1. The smallest absolute Gasteiger partial charge is 0.262 e. The van der Waals surface area contributed by atoms with Gasteiger partial charge in [-0.25, -0.2) is 4.98 Å². The van der Waals surface area contributed by atoms with Gasteiger partial charge in [-0.3, -0.25) is 9.36 Å². The van der Waals surface area contributed by atoms with E-state index in [-0.39, 0.29) is 5.56 Å². The SMILES string of the molecule is Cc1nc2sc3c(c2c(=O)n1Cc1ccc(Cl)cc1)CCCC3. The number of thiophene rings is 1. The fraction of sp³-hybridized carbons (Fsp3) is 0.333. The predicted molar refractivity (Wildman–Crippen MR) is 95.8 cm³/mol. The lowest BCUT2D eigenvalue weighted by atomic mass is 9.97. The highest BCUT2D eigenvalue weighted by Gasteiger charge is 2.21. The van der Waals surface area contributed by atoms with Crippen LogP contribution in [0.1, 0.15) is 34.7 Å². The Kier molecular flexibility index (Phi) is 3.74. The molecule has 2 heterocycles. The van der Waals surface area contributed by atoms with E-state index < -0.39 is 0 Å². The maximum Gasteiger partial charge on any atom is 0.262 e. The lowest BCUT2D eigenvalue weighted by Crippen LogP contribution is -2.24. The molecule has 1 aliphatic rings. The van der Waals surface area contributed by atoms with E-state index in [1.165, 1.54) is 23.3 Å². The maximum absolute atomic E-state index is 13.1. The minimum atomic E-state index is 0.0989. The van der Waals surface area contributed by atoms with Gasteiger partial charge in [0, 0.05) is 9.90 Å². The van der Waals surface area contributed by atoms with Gasteiger partial charge in [-0.2, -0.15) is 0 Å². The molecule has 0 unspecified atom stereocenters. The Morgan fingerprint density at radius 2 is 1.96 bits per heavy atom. The molecule has 23 heavy (non-hydrogen) atoms. The highest BCUT2D eigenvalue weighted by Crippen LogP contribution is 2.33. The van der Waals surface area contributed by atoms with Gasteiger partial charge in [-0.1, -0.05) is 23.7 Å². The van der Waals surface area contributed by atoms with Crippen LogP contribution in [0.5, 0.6) is 0 Å². The van der Waals surface area contributed by atoms with Crippen LogP contribution in [0.15, 0.2) is 29.1 Å². The first-order valence-corrected chi connectivity index (χ1v) is 9.09. The number of benzene rings is 1. The summed E-state index contributed by atoms with van der Waals surface area (Å²) in [7, 11) is 0. The normalized spacial score (nSPS) is 14.2. The molecule has 118 valence electrons. The molecule has 3 aromatic rings. The third-order valence-corrected chi connectivity index (χ3v) is 5.96. The number of halogens is 1. The Bertz CT molecular complexity index is 940. The molecule has 0 aliphatic heterocycles. The highest BCUT2D eigenvalue weighted by molar-refractivity contribution is 7.18. The van der Waals surface area contributed by atoms with Crippen LogP contribution < -0.4 is 5.56 Å². The summed E-state index contributed by atoms with van der Waals surface area (Å²) >= 11 is 7.64. The third-order valence-electron chi connectivity index (χ3n) is 4.52. The molecule has 1 aromatic carbocycles. The van der Waals surface area contributed by atoms with Crippen molar-refractivity contribution in [2.24, 2.45) is 0 Å². The quantitative estimate of drug-likeness (QED) is 0.692. The molecule has 0 spiro atoms. The molecular weight excluding hydrogens is 328 g/mol. The van der Waals surface area contributed by atoms with E-state index in [4.69, 9.17) is 16.6 Å². The van der Waals surface area contributed by atoms with Gasteiger partial charge in [0.15, 0.2) is 0 Å². The minimum Gasteiger partial charge on any atom is -0.292 e. The first kappa shape index (κ1) is 14.9. The molecule has 0 saturated heterocycles. The second-order valence-corrected chi connectivity index (χ2v) is 7.59. The van der Waals surface area contributed by atoms with Crippen LogP contribution in [-0.4, -0.2) is 9.55 Å². The second-order valence-electron chi connectivity index (χ2n) is 6.07. The summed E-state index contributed by atoms with van der Waals surface area (Å²) in [6.07, 6.45) is 4.49. The molecule has 3 nitrogen and oxygen atoms in total. The summed E-state index contributed by atoms with van der Waals surface area (Å²) < 4.78 is 1.78. The topological polar surface area (TPSA) is 34.9 Å². The van der Waals surface area contributed by atoms with Crippen LogP contribution >= 0.6 is 22.9 Å². The predicted octanol–water partition coefficient (Wildman–Crippen LogP) is 4.35. The van der Waals surface area contributed by atoms with Crippen LogP contribution in [0.25, 0.3) is 10.2 Å². The fourth-order valence-electron chi connectivity index (χ4n) is 3.30. The van der Waals surface area contributed by atoms with E-state index in [0.29, 0.717) is 11.6 Å². The lowest BCUT2D eigenvalue weighted by Gasteiger charge is -2.12. The van der Waals surface area contributed by atoms with Crippen molar-refractivity contribution in [3.05, 3.63) is 61.5 Å². The van der Waals surface area contributed by atoms with Gasteiger partial charge in [-0.05, 0) is 55.9 Å². The molecule has 0 saturated carbocycles. The molecule has 0 radical (unpaired) electrons. The standard InChI is InChI=1S/C18H17ClN2OS/c1-11-20-17-16(14-4-2-3-5-15(14)23-17)18(22)21(11)10-12-6-8-13(19)9-7-12/h6-9H,2-5,10H2,1H3. The summed E-state index contributed by atoms with van der Waals surface area (Å²) in [6.45, 7) is 2.45. The molecule has 1 aliphatic carbocycles. The molecule has 0 bridgehead atoms. The van der Waals surface area contributed by atoms with E-state index in [9.17, 15) is 4.79 Å². The van der Waals surface area contributed by atoms with E-state index in [2.05, 4.69) is 0 Å².